The van der Waals surface area contributed by atoms with Crippen molar-refractivity contribution < 1.29 is 14.3 Å². The number of aldehydes is 1. The van der Waals surface area contributed by atoms with Crippen LogP contribution in [0.1, 0.15) is 194 Å². The van der Waals surface area contributed by atoms with Gasteiger partial charge in [0.2, 0.25) is 0 Å². The lowest BCUT2D eigenvalue weighted by atomic mass is 10.0. The van der Waals surface area contributed by atoms with E-state index < -0.39 is 0 Å². The van der Waals surface area contributed by atoms with Crippen LogP contribution in [-0.4, -0.2) is 32.2 Å². The van der Waals surface area contributed by atoms with Gasteiger partial charge in [0.1, 0.15) is 6.10 Å². The van der Waals surface area contributed by atoms with E-state index >= 15 is 0 Å². The number of unbranched alkanes of at least 4 members (excludes halogenated alkanes) is 26. The van der Waals surface area contributed by atoms with E-state index in [2.05, 4.69) is 13.8 Å². The molecule has 0 aromatic heterocycles. The van der Waals surface area contributed by atoms with Crippen LogP contribution in [0, 0.1) is 0 Å². The van der Waals surface area contributed by atoms with Crippen molar-refractivity contribution in [3.8, 4) is 0 Å². The molecule has 0 spiro atoms. The fraction of sp³-hybridized carbons (Fsp3) is 0.971. The van der Waals surface area contributed by atoms with E-state index in [1.807, 2.05) is 0 Å². The zero-order valence-corrected chi connectivity index (χ0v) is 26.3. The Hall–Kier alpha value is -0.410. The molecule has 0 aromatic carbocycles. The second-order valence-electron chi connectivity index (χ2n) is 11.8. The van der Waals surface area contributed by atoms with Crippen molar-refractivity contribution in [3.05, 3.63) is 0 Å². The molecule has 3 heteroatoms. The third-order valence-electron chi connectivity index (χ3n) is 7.91. The second-order valence-corrected chi connectivity index (χ2v) is 11.8. The van der Waals surface area contributed by atoms with E-state index in [0.717, 1.165) is 25.7 Å². The molecule has 0 fully saturated rings. The maximum Gasteiger partial charge on any atom is 0.151 e. The Morgan fingerprint density at radius 3 is 1.03 bits per heavy atom. The van der Waals surface area contributed by atoms with Gasteiger partial charge in [-0.2, -0.15) is 0 Å². The summed E-state index contributed by atoms with van der Waals surface area (Å²) in [5, 5.41) is 0. The van der Waals surface area contributed by atoms with Crippen LogP contribution in [0.15, 0.2) is 0 Å². The molecule has 0 radical (unpaired) electrons. The highest BCUT2D eigenvalue weighted by Gasteiger charge is 2.07. The lowest BCUT2D eigenvalue weighted by Gasteiger charge is -2.12. The van der Waals surface area contributed by atoms with Crippen molar-refractivity contribution in [2.45, 2.75) is 200 Å². The van der Waals surface area contributed by atoms with Gasteiger partial charge in [0.05, 0.1) is 6.61 Å². The summed E-state index contributed by atoms with van der Waals surface area (Å²) < 4.78 is 11.4. The number of carbonyl (C=O) groups is 1. The Morgan fingerprint density at radius 2 is 0.711 bits per heavy atom. The minimum absolute atomic E-state index is 0.386. The fourth-order valence-electron chi connectivity index (χ4n) is 5.26. The molecule has 0 aliphatic rings. The average molecular weight is 539 g/mol. The van der Waals surface area contributed by atoms with Gasteiger partial charge in [0.25, 0.3) is 0 Å². The number of ether oxygens (including phenoxy) is 2. The number of rotatable bonds is 34. The van der Waals surface area contributed by atoms with E-state index in [0.29, 0.717) is 13.2 Å². The van der Waals surface area contributed by atoms with Gasteiger partial charge >= 0.3 is 0 Å². The second kappa shape index (κ2) is 34.6. The first-order valence-electron chi connectivity index (χ1n) is 17.5. The molecule has 0 aliphatic heterocycles. The first-order valence-corrected chi connectivity index (χ1v) is 17.5. The topological polar surface area (TPSA) is 35.5 Å². The predicted molar refractivity (Wildman–Crippen MR) is 167 cm³/mol. The smallest absolute Gasteiger partial charge is 0.151 e. The van der Waals surface area contributed by atoms with Gasteiger partial charge in [-0.25, -0.2) is 0 Å². The molecule has 0 saturated carbocycles. The molecular formula is C35H70O3. The van der Waals surface area contributed by atoms with Crippen molar-refractivity contribution in [2.75, 3.05) is 19.8 Å². The van der Waals surface area contributed by atoms with Gasteiger partial charge in [-0.05, 0) is 12.8 Å². The number of hydrogen-bond acceptors (Lipinski definition) is 3. The SMILES string of the molecule is CCCCCCCCCCCCCCCCOCC(C=O)OCCCCCCCCCCCCCCCC. The molecule has 0 bridgehead atoms. The van der Waals surface area contributed by atoms with Crippen LogP contribution in [0.4, 0.5) is 0 Å². The summed E-state index contributed by atoms with van der Waals surface area (Å²) >= 11 is 0. The third kappa shape index (κ3) is 31.8. The highest BCUT2D eigenvalue weighted by molar-refractivity contribution is 5.56. The van der Waals surface area contributed by atoms with Crippen molar-refractivity contribution in [3.63, 3.8) is 0 Å². The van der Waals surface area contributed by atoms with Gasteiger partial charge in [0, 0.05) is 13.2 Å². The van der Waals surface area contributed by atoms with Gasteiger partial charge in [0.15, 0.2) is 6.29 Å². The maximum atomic E-state index is 11.3. The molecule has 228 valence electrons. The highest BCUT2D eigenvalue weighted by Crippen LogP contribution is 2.14. The van der Waals surface area contributed by atoms with Gasteiger partial charge in [-0.1, -0.05) is 181 Å². The van der Waals surface area contributed by atoms with E-state index in [1.165, 1.54) is 167 Å². The van der Waals surface area contributed by atoms with Crippen LogP contribution in [0.25, 0.3) is 0 Å². The Morgan fingerprint density at radius 1 is 0.421 bits per heavy atom. The monoisotopic (exact) mass is 539 g/mol. The van der Waals surface area contributed by atoms with E-state index in [1.54, 1.807) is 0 Å². The summed E-state index contributed by atoms with van der Waals surface area (Å²) in [5.41, 5.74) is 0. The Kier molecular flexibility index (Phi) is 34.2. The molecule has 0 aliphatic carbocycles. The minimum atomic E-state index is -0.386. The first-order chi connectivity index (χ1) is 18.8. The van der Waals surface area contributed by atoms with Gasteiger partial charge in [-0.15, -0.1) is 0 Å². The average Bonchev–Trinajstić information content (AvgIpc) is 2.93. The molecule has 0 aromatic rings. The van der Waals surface area contributed by atoms with Gasteiger partial charge < -0.3 is 14.3 Å². The highest BCUT2D eigenvalue weighted by atomic mass is 16.5. The summed E-state index contributed by atoms with van der Waals surface area (Å²) in [7, 11) is 0. The van der Waals surface area contributed by atoms with E-state index in [9.17, 15) is 4.79 Å². The molecule has 0 saturated heterocycles. The minimum Gasteiger partial charge on any atom is -0.378 e. The molecule has 0 heterocycles. The standard InChI is InChI=1S/C35H70O3/c1-3-5-7-9-11-13-15-17-19-21-23-25-27-29-31-37-34-35(33-36)38-32-30-28-26-24-22-20-18-16-14-12-10-8-6-4-2/h33,35H,3-32,34H2,1-2H3. The fourth-order valence-corrected chi connectivity index (χ4v) is 5.26. The first kappa shape index (κ1) is 37.6. The van der Waals surface area contributed by atoms with E-state index in [4.69, 9.17) is 9.47 Å². The molecule has 0 N–H and O–H groups in total. The molecule has 3 nitrogen and oxygen atoms in total. The molecule has 0 rings (SSSR count). The van der Waals surface area contributed by atoms with Crippen LogP contribution in [0.5, 0.6) is 0 Å². The van der Waals surface area contributed by atoms with Crippen molar-refractivity contribution in [1.29, 1.82) is 0 Å². The van der Waals surface area contributed by atoms with Crippen LogP contribution in [-0.2, 0) is 14.3 Å². The van der Waals surface area contributed by atoms with Crippen LogP contribution >= 0.6 is 0 Å². The number of carbonyl (C=O) groups excluding carboxylic acids is 1. The van der Waals surface area contributed by atoms with Crippen LogP contribution in [0.2, 0.25) is 0 Å². The summed E-state index contributed by atoms with van der Waals surface area (Å²) in [6.07, 6.45) is 38.7. The number of hydrogen-bond donors (Lipinski definition) is 0. The maximum absolute atomic E-state index is 11.3. The molecule has 38 heavy (non-hydrogen) atoms. The van der Waals surface area contributed by atoms with Crippen molar-refractivity contribution in [2.24, 2.45) is 0 Å². The molecular weight excluding hydrogens is 468 g/mol. The normalized spacial score (nSPS) is 12.3. The van der Waals surface area contributed by atoms with Crippen LogP contribution in [0.3, 0.4) is 0 Å². The van der Waals surface area contributed by atoms with Gasteiger partial charge in [-0.3, -0.25) is 0 Å². The van der Waals surface area contributed by atoms with Crippen molar-refractivity contribution in [1.82, 2.24) is 0 Å². The van der Waals surface area contributed by atoms with Crippen LogP contribution < -0.4 is 0 Å². The summed E-state index contributed by atoms with van der Waals surface area (Å²) in [6, 6.07) is 0. The Balaban J connectivity index is 3.25. The lowest BCUT2D eigenvalue weighted by Crippen LogP contribution is -2.22. The lowest BCUT2D eigenvalue weighted by molar-refractivity contribution is -0.122. The summed E-state index contributed by atoms with van der Waals surface area (Å²) in [5.74, 6) is 0. The largest absolute Gasteiger partial charge is 0.378 e. The predicted octanol–water partition coefficient (Wildman–Crippen LogP) is 11.5. The van der Waals surface area contributed by atoms with E-state index in [-0.39, 0.29) is 6.10 Å². The zero-order valence-electron chi connectivity index (χ0n) is 26.3. The Labute approximate surface area is 240 Å². The zero-order chi connectivity index (χ0) is 27.6. The molecule has 0 amide bonds. The quantitative estimate of drug-likeness (QED) is 0.0603. The molecule has 1 unspecified atom stereocenters. The van der Waals surface area contributed by atoms with Crippen molar-refractivity contribution >= 4 is 6.29 Å². The Bertz CT molecular complexity index is 425. The third-order valence-corrected chi connectivity index (χ3v) is 7.91. The molecule has 1 atom stereocenters. The summed E-state index contributed by atoms with van der Waals surface area (Å²) in [6.45, 7) is 6.43. The summed E-state index contributed by atoms with van der Waals surface area (Å²) in [4.78, 5) is 11.3.